The van der Waals surface area contributed by atoms with E-state index in [9.17, 15) is 9.59 Å². The maximum absolute atomic E-state index is 11.8. The van der Waals surface area contributed by atoms with Crippen molar-refractivity contribution in [3.8, 4) is 0 Å². The van der Waals surface area contributed by atoms with Crippen LogP contribution in [0, 0.1) is 5.92 Å². The van der Waals surface area contributed by atoms with Gasteiger partial charge < -0.3 is 10.2 Å². The largest absolute Gasteiger partial charge is 0.341 e. The summed E-state index contributed by atoms with van der Waals surface area (Å²) in [5.41, 5.74) is 2.71. The lowest BCUT2D eigenvalue weighted by Gasteiger charge is -2.32. The molecule has 8 nitrogen and oxygen atoms in total. The highest BCUT2D eigenvalue weighted by atomic mass is 32.2. The van der Waals surface area contributed by atoms with E-state index in [1.54, 1.807) is 18.3 Å². The third-order valence-electron chi connectivity index (χ3n) is 5.88. The minimum atomic E-state index is -0.377. The van der Waals surface area contributed by atoms with Gasteiger partial charge in [-0.25, -0.2) is 9.97 Å². The summed E-state index contributed by atoms with van der Waals surface area (Å²) in [6.07, 6.45) is 5.44. The van der Waals surface area contributed by atoms with Crippen molar-refractivity contribution >= 4 is 45.8 Å². The minimum absolute atomic E-state index is 0.354. The second kappa shape index (κ2) is 9.68. The number of rotatable bonds is 6. The van der Waals surface area contributed by atoms with Crippen molar-refractivity contribution in [1.82, 2.24) is 25.6 Å². The number of carbonyl (C=O) groups excluding carboxylic acids is 2. The highest BCUT2D eigenvalue weighted by molar-refractivity contribution is 8.18. The molecule has 9 heteroatoms. The lowest BCUT2D eigenvalue weighted by atomic mass is 9.97. The number of thioether (sulfide) groups is 1. The monoisotopic (exact) mass is 460 g/mol. The van der Waals surface area contributed by atoms with E-state index in [2.05, 4.69) is 43.7 Å². The van der Waals surface area contributed by atoms with Gasteiger partial charge >= 0.3 is 0 Å². The standard InChI is InChI=1S/C24H24N6O2S/c31-22-21(33-24(32)29-22)13-18-7-10-26-23(28-18)30-11-8-16(9-12-30)14-25-15-19-6-5-17-3-1-2-4-20(17)27-19/h1-7,10,13,16,25H,8-9,11-12,14-15H2,(H,29,31,32)/b21-13-. The second-order valence-corrected chi connectivity index (χ2v) is 9.21. The van der Waals surface area contributed by atoms with Crippen molar-refractivity contribution in [1.29, 1.82) is 0 Å². The lowest BCUT2D eigenvalue weighted by Crippen LogP contribution is -2.38. The highest BCUT2D eigenvalue weighted by Crippen LogP contribution is 2.26. The molecular formula is C24H24N6O2S. The Morgan fingerprint density at radius 3 is 2.76 bits per heavy atom. The molecule has 1 aromatic carbocycles. The number of benzene rings is 1. The molecule has 5 rings (SSSR count). The first-order chi connectivity index (χ1) is 16.1. The number of piperidine rings is 1. The molecule has 2 amide bonds. The lowest BCUT2D eigenvalue weighted by molar-refractivity contribution is -0.115. The normalized spacial score (nSPS) is 18.3. The Balaban J connectivity index is 1.12. The zero-order valence-corrected chi connectivity index (χ0v) is 18.8. The van der Waals surface area contributed by atoms with Crippen molar-refractivity contribution in [3.05, 3.63) is 65.0 Å². The Kier molecular flexibility index (Phi) is 6.32. The number of para-hydroxylation sites is 1. The number of aromatic nitrogens is 3. The molecule has 3 aromatic rings. The van der Waals surface area contributed by atoms with Crippen LogP contribution in [0.4, 0.5) is 10.7 Å². The molecule has 33 heavy (non-hydrogen) atoms. The number of carbonyl (C=O) groups is 2. The Hall–Kier alpha value is -3.30. The van der Waals surface area contributed by atoms with Gasteiger partial charge in [0.15, 0.2) is 0 Å². The van der Waals surface area contributed by atoms with Gasteiger partial charge in [-0.1, -0.05) is 24.3 Å². The van der Waals surface area contributed by atoms with E-state index < -0.39 is 0 Å². The van der Waals surface area contributed by atoms with Gasteiger partial charge in [-0.05, 0) is 61.3 Å². The van der Waals surface area contributed by atoms with Gasteiger partial charge in [0.25, 0.3) is 11.1 Å². The summed E-state index contributed by atoms with van der Waals surface area (Å²) in [5.74, 6) is 0.875. The van der Waals surface area contributed by atoms with E-state index in [1.165, 1.54) is 0 Å². The number of fused-ring (bicyclic) bond motifs is 1. The van der Waals surface area contributed by atoms with Gasteiger partial charge in [-0.15, -0.1) is 0 Å². The van der Waals surface area contributed by atoms with E-state index in [-0.39, 0.29) is 11.1 Å². The molecule has 2 aliphatic rings. The quantitative estimate of drug-likeness (QED) is 0.540. The van der Waals surface area contributed by atoms with E-state index in [4.69, 9.17) is 4.98 Å². The Morgan fingerprint density at radius 2 is 1.94 bits per heavy atom. The summed E-state index contributed by atoms with van der Waals surface area (Å²) in [5, 5.41) is 6.63. The van der Waals surface area contributed by atoms with Gasteiger partial charge in [0.05, 0.1) is 21.8 Å². The molecule has 2 N–H and O–H groups in total. The molecule has 0 bridgehead atoms. The van der Waals surface area contributed by atoms with Crippen molar-refractivity contribution in [2.24, 2.45) is 5.92 Å². The Morgan fingerprint density at radius 1 is 1.09 bits per heavy atom. The van der Waals surface area contributed by atoms with Gasteiger partial charge in [0.1, 0.15) is 0 Å². The molecule has 0 spiro atoms. The minimum Gasteiger partial charge on any atom is -0.341 e. The molecule has 0 aliphatic carbocycles. The number of imide groups is 1. The smallest absolute Gasteiger partial charge is 0.290 e. The fourth-order valence-electron chi connectivity index (χ4n) is 4.10. The summed E-state index contributed by atoms with van der Waals surface area (Å²) in [6, 6.07) is 14.1. The summed E-state index contributed by atoms with van der Waals surface area (Å²) in [7, 11) is 0. The zero-order chi connectivity index (χ0) is 22.6. The molecular weight excluding hydrogens is 436 g/mol. The maximum Gasteiger partial charge on any atom is 0.290 e. The first-order valence-electron chi connectivity index (χ1n) is 11.0. The molecule has 0 unspecified atom stereocenters. The van der Waals surface area contributed by atoms with E-state index in [1.807, 2.05) is 18.2 Å². The molecule has 168 valence electrons. The zero-order valence-electron chi connectivity index (χ0n) is 18.0. The van der Waals surface area contributed by atoms with Crippen LogP contribution in [0.5, 0.6) is 0 Å². The molecule has 2 saturated heterocycles. The van der Waals surface area contributed by atoms with Crippen LogP contribution in [0.15, 0.2) is 53.6 Å². The van der Waals surface area contributed by atoms with Gasteiger partial charge in [-0.3, -0.25) is 19.9 Å². The summed E-state index contributed by atoms with van der Waals surface area (Å²) in [4.78, 5) is 39.4. The number of amides is 2. The molecule has 0 atom stereocenters. The molecule has 0 radical (unpaired) electrons. The summed E-state index contributed by atoms with van der Waals surface area (Å²) < 4.78 is 0. The van der Waals surface area contributed by atoms with Gasteiger partial charge in [0.2, 0.25) is 5.95 Å². The Bertz CT molecular complexity index is 1220. The second-order valence-electron chi connectivity index (χ2n) is 8.19. The average Bonchev–Trinajstić information content (AvgIpc) is 3.16. The van der Waals surface area contributed by atoms with Crippen molar-refractivity contribution in [2.45, 2.75) is 19.4 Å². The van der Waals surface area contributed by atoms with Crippen LogP contribution in [0.25, 0.3) is 17.0 Å². The number of pyridine rings is 1. The molecule has 0 saturated carbocycles. The summed E-state index contributed by atoms with van der Waals surface area (Å²) >= 11 is 0.893. The van der Waals surface area contributed by atoms with Crippen molar-refractivity contribution < 1.29 is 9.59 Å². The van der Waals surface area contributed by atoms with Crippen LogP contribution in [0.1, 0.15) is 24.2 Å². The number of nitrogens with zero attached hydrogens (tertiary/aromatic N) is 4. The summed E-state index contributed by atoms with van der Waals surface area (Å²) in [6.45, 7) is 3.48. The number of hydrogen-bond acceptors (Lipinski definition) is 8. The molecule has 2 aliphatic heterocycles. The van der Waals surface area contributed by atoms with Crippen LogP contribution in [0.3, 0.4) is 0 Å². The molecule has 2 aromatic heterocycles. The average molecular weight is 461 g/mol. The fourth-order valence-corrected chi connectivity index (χ4v) is 4.77. The fraction of sp³-hybridized carbons (Fsp3) is 0.292. The first kappa shape index (κ1) is 21.5. The topological polar surface area (TPSA) is 100 Å². The van der Waals surface area contributed by atoms with Crippen molar-refractivity contribution in [2.75, 3.05) is 24.5 Å². The van der Waals surface area contributed by atoms with Crippen molar-refractivity contribution in [3.63, 3.8) is 0 Å². The van der Waals surface area contributed by atoms with Crippen LogP contribution >= 0.6 is 11.8 Å². The number of hydrogen-bond donors (Lipinski definition) is 2. The predicted octanol–water partition coefficient (Wildman–Crippen LogP) is 3.35. The van der Waals surface area contributed by atoms with Crippen LogP contribution in [-0.2, 0) is 11.3 Å². The third-order valence-corrected chi connectivity index (χ3v) is 6.69. The molecule has 4 heterocycles. The number of nitrogens with one attached hydrogen (secondary N) is 2. The van der Waals surface area contributed by atoms with Crippen LogP contribution in [0.2, 0.25) is 0 Å². The molecule has 2 fully saturated rings. The van der Waals surface area contributed by atoms with Crippen LogP contribution < -0.4 is 15.5 Å². The third kappa shape index (κ3) is 5.20. The van der Waals surface area contributed by atoms with E-state index >= 15 is 0 Å². The first-order valence-corrected chi connectivity index (χ1v) is 11.8. The Labute approximate surface area is 195 Å². The van der Waals surface area contributed by atoms with Crippen LogP contribution in [-0.4, -0.2) is 45.7 Å². The van der Waals surface area contributed by atoms with E-state index in [0.717, 1.165) is 67.4 Å². The maximum atomic E-state index is 11.8. The van der Waals surface area contributed by atoms with Gasteiger partial charge in [0, 0.05) is 31.2 Å². The van der Waals surface area contributed by atoms with Gasteiger partial charge in [-0.2, -0.15) is 0 Å². The predicted molar refractivity (Wildman–Crippen MR) is 130 cm³/mol. The highest BCUT2D eigenvalue weighted by Gasteiger charge is 2.25. The van der Waals surface area contributed by atoms with E-state index in [0.29, 0.717) is 22.5 Å². The number of anilines is 1. The SMILES string of the molecule is O=C1NC(=O)/C(=C/c2ccnc(N3CCC(CNCc4ccc5ccccc5n4)CC3)n2)S1.